The summed E-state index contributed by atoms with van der Waals surface area (Å²) in [5, 5.41) is 23.2. The van der Waals surface area contributed by atoms with Gasteiger partial charge in [-0.3, -0.25) is 4.90 Å². The van der Waals surface area contributed by atoms with Crippen LogP contribution in [0.4, 0.5) is 5.82 Å². The molecule has 1 atom stereocenters. The van der Waals surface area contributed by atoms with Crippen LogP contribution in [0.25, 0.3) is 5.65 Å². The van der Waals surface area contributed by atoms with Crippen molar-refractivity contribution in [2.45, 2.75) is 12.5 Å². The van der Waals surface area contributed by atoms with E-state index in [9.17, 15) is 5.11 Å². The number of piperazine rings is 1. The highest BCUT2D eigenvalue weighted by molar-refractivity contribution is 5.45. The third-order valence-corrected chi connectivity index (χ3v) is 4.77. The molecule has 1 aliphatic heterocycles. The highest BCUT2D eigenvalue weighted by Crippen LogP contribution is 2.23. The van der Waals surface area contributed by atoms with Crippen LogP contribution < -0.4 is 4.90 Å². The summed E-state index contributed by atoms with van der Waals surface area (Å²) in [6.45, 7) is 6.06. The van der Waals surface area contributed by atoms with E-state index >= 15 is 0 Å². The number of benzene rings is 1. The molecule has 7 nitrogen and oxygen atoms in total. The van der Waals surface area contributed by atoms with Crippen LogP contribution in [0.5, 0.6) is 0 Å². The fraction of sp³-hybridized carbons (Fsp3) is 0.389. The van der Waals surface area contributed by atoms with E-state index in [0.717, 1.165) is 43.2 Å². The van der Waals surface area contributed by atoms with Crippen molar-refractivity contribution in [3.05, 3.63) is 54.4 Å². The second-order valence-electron chi connectivity index (χ2n) is 6.73. The van der Waals surface area contributed by atoms with Gasteiger partial charge in [0, 0.05) is 32.7 Å². The minimum atomic E-state index is -0.844. The molecule has 25 heavy (non-hydrogen) atoms. The van der Waals surface area contributed by atoms with Crippen molar-refractivity contribution in [2.24, 2.45) is 0 Å². The molecule has 1 aromatic carbocycles. The van der Waals surface area contributed by atoms with Gasteiger partial charge in [0.1, 0.15) is 12.1 Å². The van der Waals surface area contributed by atoms with E-state index in [4.69, 9.17) is 0 Å². The van der Waals surface area contributed by atoms with E-state index in [0.29, 0.717) is 6.54 Å². The predicted molar refractivity (Wildman–Crippen MR) is 95.4 cm³/mol. The van der Waals surface area contributed by atoms with Gasteiger partial charge in [-0.05, 0) is 24.6 Å². The lowest BCUT2D eigenvalue weighted by Gasteiger charge is -2.38. The zero-order valence-corrected chi connectivity index (χ0v) is 14.3. The Bertz CT molecular complexity index is 839. The average Bonchev–Trinajstić information content (AvgIpc) is 3.10. The second kappa shape index (κ2) is 6.42. The molecule has 0 amide bonds. The number of fused-ring (bicyclic) bond motifs is 1. The van der Waals surface area contributed by atoms with Crippen LogP contribution in [0.3, 0.4) is 0 Å². The molecule has 2 aromatic heterocycles. The Morgan fingerprint density at radius 3 is 2.56 bits per heavy atom. The summed E-state index contributed by atoms with van der Waals surface area (Å²) in [6.07, 6.45) is 1.62. The molecular weight excluding hydrogens is 316 g/mol. The van der Waals surface area contributed by atoms with E-state index in [2.05, 4.69) is 25.1 Å². The molecule has 0 radical (unpaired) electrons. The number of hydrogen-bond acceptors (Lipinski definition) is 6. The highest BCUT2D eigenvalue weighted by atomic mass is 16.3. The smallest absolute Gasteiger partial charge is 0.177 e. The highest BCUT2D eigenvalue weighted by Gasteiger charge is 2.28. The number of rotatable bonds is 4. The van der Waals surface area contributed by atoms with Crippen LogP contribution in [0.1, 0.15) is 12.5 Å². The van der Waals surface area contributed by atoms with Crippen LogP contribution >= 0.6 is 0 Å². The molecule has 7 heteroatoms. The molecule has 1 fully saturated rings. The molecule has 1 unspecified atom stereocenters. The van der Waals surface area contributed by atoms with Gasteiger partial charge in [-0.1, -0.05) is 30.3 Å². The number of anilines is 1. The minimum absolute atomic E-state index is 0.628. The van der Waals surface area contributed by atoms with Crippen molar-refractivity contribution in [3.63, 3.8) is 0 Å². The molecule has 1 aliphatic rings. The molecule has 1 N–H and O–H groups in total. The lowest BCUT2D eigenvalue weighted by Crippen LogP contribution is -2.50. The Hall–Kier alpha value is -2.51. The standard InChI is InChI=1S/C18H22N6O/c1-18(25,15-5-3-2-4-6-15)13-22-9-11-23(12-10-22)17-8-7-16-20-19-14-24(16)21-17/h2-8,14,25H,9-13H2,1H3. The van der Waals surface area contributed by atoms with E-state index in [1.54, 1.807) is 10.8 Å². The van der Waals surface area contributed by atoms with Gasteiger partial charge in [0.05, 0.1) is 5.60 Å². The minimum Gasteiger partial charge on any atom is -0.384 e. The summed E-state index contributed by atoms with van der Waals surface area (Å²) < 4.78 is 1.70. The number of aliphatic hydroxyl groups is 1. The van der Waals surface area contributed by atoms with E-state index in [-0.39, 0.29) is 0 Å². The molecule has 130 valence electrons. The SMILES string of the molecule is CC(O)(CN1CCN(c2ccc3nncn3n2)CC1)c1ccccc1. The Labute approximate surface area is 146 Å². The molecule has 0 spiro atoms. The van der Waals surface area contributed by atoms with Gasteiger partial charge >= 0.3 is 0 Å². The lowest BCUT2D eigenvalue weighted by molar-refractivity contribution is 0.0143. The maximum absolute atomic E-state index is 10.8. The summed E-state index contributed by atoms with van der Waals surface area (Å²) >= 11 is 0. The van der Waals surface area contributed by atoms with E-state index in [1.165, 1.54) is 0 Å². The van der Waals surface area contributed by atoms with Gasteiger partial charge in [0.15, 0.2) is 5.65 Å². The van der Waals surface area contributed by atoms with Crippen LogP contribution in [0.2, 0.25) is 0 Å². The first-order chi connectivity index (χ1) is 12.1. The van der Waals surface area contributed by atoms with Crippen molar-refractivity contribution in [2.75, 3.05) is 37.6 Å². The Morgan fingerprint density at radius 2 is 1.80 bits per heavy atom. The third-order valence-electron chi connectivity index (χ3n) is 4.77. The molecule has 0 aliphatic carbocycles. The number of nitrogens with zero attached hydrogens (tertiary/aromatic N) is 6. The van der Waals surface area contributed by atoms with Gasteiger partial charge in [-0.15, -0.1) is 15.3 Å². The fourth-order valence-electron chi connectivity index (χ4n) is 3.35. The van der Waals surface area contributed by atoms with Crippen molar-refractivity contribution in [1.29, 1.82) is 0 Å². The zero-order chi connectivity index (χ0) is 17.3. The first-order valence-corrected chi connectivity index (χ1v) is 8.54. The number of β-amino-alcohol motifs (C(OH)–C–C–N with tert-alkyl or cyclic N) is 1. The third kappa shape index (κ3) is 3.33. The molecule has 1 saturated heterocycles. The van der Waals surface area contributed by atoms with Crippen LogP contribution in [-0.2, 0) is 5.60 Å². The number of aromatic nitrogens is 4. The molecule has 3 heterocycles. The van der Waals surface area contributed by atoms with Crippen LogP contribution in [0, 0.1) is 0 Å². The zero-order valence-electron chi connectivity index (χ0n) is 14.3. The normalized spacial score (nSPS) is 18.4. The Morgan fingerprint density at radius 1 is 1.04 bits per heavy atom. The maximum Gasteiger partial charge on any atom is 0.177 e. The van der Waals surface area contributed by atoms with Gasteiger partial charge in [0.25, 0.3) is 0 Å². The molecule has 0 saturated carbocycles. The van der Waals surface area contributed by atoms with E-state index < -0.39 is 5.60 Å². The lowest BCUT2D eigenvalue weighted by atomic mass is 9.95. The van der Waals surface area contributed by atoms with Crippen molar-refractivity contribution in [1.82, 2.24) is 24.7 Å². The Balaban J connectivity index is 1.39. The second-order valence-corrected chi connectivity index (χ2v) is 6.73. The first kappa shape index (κ1) is 16.0. The van der Waals surface area contributed by atoms with Crippen LogP contribution in [0.15, 0.2) is 48.8 Å². The largest absolute Gasteiger partial charge is 0.384 e. The topological polar surface area (TPSA) is 69.8 Å². The average molecular weight is 338 g/mol. The molecular formula is C18H22N6O. The summed E-state index contributed by atoms with van der Waals surface area (Å²) in [5.41, 5.74) is 0.863. The number of hydrogen-bond donors (Lipinski definition) is 1. The van der Waals surface area contributed by atoms with E-state index in [1.807, 2.05) is 49.4 Å². The quantitative estimate of drug-likeness (QED) is 0.770. The van der Waals surface area contributed by atoms with Crippen LogP contribution in [-0.4, -0.2) is 62.5 Å². The Kier molecular flexibility index (Phi) is 4.10. The van der Waals surface area contributed by atoms with Crippen molar-refractivity contribution in [3.8, 4) is 0 Å². The summed E-state index contributed by atoms with van der Waals surface area (Å²) in [6, 6.07) is 13.8. The van der Waals surface area contributed by atoms with Gasteiger partial charge in [-0.2, -0.15) is 4.52 Å². The summed E-state index contributed by atoms with van der Waals surface area (Å²) in [7, 11) is 0. The predicted octanol–water partition coefficient (Wildman–Crippen LogP) is 1.15. The molecule has 3 aromatic rings. The van der Waals surface area contributed by atoms with Crippen molar-refractivity contribution >= 4 is 11.5 Å². The molecule has 4 rings (SSSR count). The van der Waals surface area contributed by atoms with Gasteiger partial charge < -0.3 is 10.0 Å². The maximum atomic E-state index is 10.8. The monoisotopic (exact) mass is 338 g/mol. The first-order valence-electron chi connectivity index (χ1n) is 8.54. The molecule has 0 bridgehead atoms. The van der Waals surface area contributed by atoms with Gasteiger partial charge in [0.2, 0.25) is 0 Å². The van der Waals surface area contributed by atoms with Crippen molar-refractivity contribution < 1.29 is 5.11 Å². The summed E-state index contributed by atoms with van der Waals surface area (Å²) in [4.78, 5) is 4.56. The summed E-state index contributed by atoms with van der Waals surface area (Å²) in [5.74, 6) is 0.932. The fourth-order valence-corrected chi connectivity index (χ4v) is 3.35. The van der Waals surface area contributed by atoms with Gasteiger partial charge in [-0.25, -0.2) is 0 Å².